The lowest BCUT2D eigenvalue weighted by atomic mass is 9.85. The molecular formula is C10H15NO. The minimum absolute atomic E-state index is 0.135. The maximum atomic E-state index is 9.10. The van der Waals surface area contributed by atoms with Gasteiger partial charge in [0.25, 0.3) is 0 Å². The number of aliphatic hydroxyl groups is 1. The third-order valence-corrected chi connectivity index (χ3v) is 2.06. The van der Waals surface area contributed by atoms with E-state index in [0.717, 1.165) is 11.3 Å². The molecule has 0 aliphatic carbocycles. The first-order chi connectivity index (χ1) is 5.56. The number of aliphatic hydroxyl groups excluding tert-OH is 1. The highest BCUT2D eigenvalue weighted by Gasteiger charge is 2.18. The number of nitrogens with two attached hydrogens (primary N) is 1. The summed E-state index contributed by atoms with van der Waals surface area (Å²) < 4.78 is 0. The molecule has 0 heterocycles. The predicted octanol–water partition coefficient (Wildman–Crippen LogP) is 1.54. The molecule has 66 valence electrons. The Kier molecular flexibility index (Phi) is 2.38. The van der Waals surface area contributed by atoms with Crippen molar-refractivity contribution in [1.29, 1.82) is 0 Å². The van der Waals surface area contributed by atoms with Gasteiger partial charge < -0.3 is 10.8 Å². The van der Waals surface area contributed by atoms with E-state index in [2.05, 4.69) is 0 Å². The van der Waals surface area contributed by atoms with Crippen molar-refractivity contribution < 1.29 is 5.11 Å². The summed E-state index contributed by atoms with van der Waals surface area (Å²) in [5, 5.41) is 9.10. The topological polar surface area (TPSA) is 46.2 Å². The molecule has 0 aliphatic rings. The molecule has 0 aromatic heterocycles. The summed E-state index contributed by atoms with van der Waals surface area (Å²) in [6.07, 6.45) is 0. The molecule has 0 radical (unpaired) electrons. The molecule has 0 amide bonds. The number of benzene rings is 1. The van der Waals surface area contributed by atoms with Crippen LogP contribution >= 0.6 is 0 Å². The fourth-order valence-corrected chi connectivity index (χ4v) is 1.05. The molecule has 2 nitrogen and oxygen atoms in total. The second kappa shape index (κ2) is 3.15. The van der Waals surface area contributed by atoms with Crippen LogP contribution in [0.2, 0.25) is 0 Å². The minimum atomic E-state index is -0.199. The van der Waals surface area contributed by atoms with Crippen LogP contribution in [0.5, 0.6) is 0 Å². The Morgan fingerprint density at radius 1 is 1.42 bits per heavy atom. The molecule has 0 spiro atoms. The molecule has 0 fully saturated rings. The van der Waals surface area contributed by atoms with Gasteiger partial charge in [-0.3, -0.25) is 0 Å². The van der Waals surface area contributed by atoms with Crippen molar-refractivity contribution in [1.82, 2.24) is 0 Å². The summed E-state index contributed by atoms with van der Waals surface area (Å²) in [5.74, 6) is 0. The summed E-state index contributed by atoms with van der Waals surface area (Å²) in [7, 11) is 0. The first kappa shape index (κ1) is 9.07. The Morgan fingerprint density at radius 2 is 2.08 bits per heavy atom. The summed E-state index contributed by atoms with van der Waals surface area (Å²) in [5.41, 5.74) is 7.25. The van der Waals surface area contributed by atoms with Crippen molar-refractivity contribution >= 4 is 5.69 Å². The Morgan fingerprint density at radius 3 is 2.58 bits per heavy atom. The van der Waals surface area contributed by atoms with Gasteiger partial charge in [0.1, 0.15) is 0 Å². The van der Waals surface area contributed by atoms with Crippen molar-refractivity contribution in [3.8, 4) is 0 Å². The number of nitrogen functional groups attached to an aromatic ring is 1. The van der Waals surface area contributed by atoms with Gasteiger partial charge in [-0.2, -0.15) is 0 Å². The highest BCUT2D eigenvalue weighted by atomic mass is 16.3. The van der Waals surface area contributed by atoms with Crippen molar-refractivity contribution in [2.24, 2.45) is 0 Å². The van der Waals surface area contributed by atoms with Gasteiger partial charge in [-0.15, -0.1) is 0 Å². The quantitative estimate of drug-likeness (QED) is 0.653. The predicted molar refractivity (Wildman–Crippen MR) is 51.0 cm³/mol. The van der Waals surface area contributed by atoms with Crippen LogP contribution in [-0.4, -0.2) is 11.7 Å². The molecule has 1 aromatic carbocycles. The van der Waals surface area contributed by atoms with Crippen LogP contribution in [0.3, 0.4) is 0 Å². The fraction of sp³-hybridized carbons (Fsp3) is 0.400. The van der Waals surface area contributed by atoms with E-state index < -0.39 is 0 Å². The van der Waals surface area contributed by atoms with Crippen LogP contribution in [0.25, 0.3) is 0 Å². The van der Waals surface area contributed by atoms with Crippen LogP contribution in [0.1, 0.15) is 19.4 Å². The first-order valence-corrected chi connectivity index (χ1v) is 4.03. The maximum absolute atomic E-state index is 9.10. The molecule has 0 saturated heterocycles. The van der Waals surface area contributed by atoms with Gasteiger partial charge >= 0.3 is 0 Å². The zero-order chi connectivity index (χ0) is 9.19. The number of anilines is 1. The van der Waals surface area contributed by atoms with E-state index in [-0.39, 0.29) is 12.0 Å². The SMILES string of the molecule is CC(C)(CO)c1cccc(N)c1. The molecule has 1 aromatic rings. The molecule has 0 saturated carbocycles. The smallest absolute Gasteiger partial charge is 0.0522 e. The minimum Gasteiger partial charge on any atom is -0.399 e. The Labute approximate surface area is 73.0 Å². The van der Waals surface area contributed by atoms with E-state index in [1.807, 2.05) is 38.1 Å². The van der Waals surface area contributed by atoms with Crippen molar-refractivity contribution in [2.75, 3.05) is 12.3 Å². The first-order valence-electron chi connectivity index (χ1n) is 4.03. The third-order valence-electron chi connectivity index (χ3n) is 2.06. The standard InChI is InChI=1S/C10H15NO/c1-10(2,7-12)8-4-3-5-9(11)6-8/h3-6,12H,7,11H2,1-2H3. The molecule has 0 aliphatic heterocycles. The second-order valence-electron chi connectivity index (χ2n) is 3.67. The van der Waals surface area contributed by atoms with Crippen LogP contribution < -0.4 is 5.73 Å². The van der Waals surface area contributed by atoms with Gasteiger partial charge in [0, 0.05) is 11.1 Å². The lowest BCUT2D eigenvalue weighted by molar-refractivity contribution is 0.218. The maximum Gasteiger partial charge on any atom is 0.0522 e. The van der Waals surface area contributed by atoms with E-state index in [9.17, 15) is 0 Å². The molecular weight excluding hydrogens is 150 g/mol. The lowest BCUT2D eigenvalue weighted by Crippen LogP contribution is -2.21. The Bertz CT molecular complexity index is 268. The van der Waals surface area contributed by atoms with Gasteiger partial charge in [-0.25, -0.2) is 0 Å². The monoisotopic (exact) mass is 165 g/mol. The van der Waals surface area contributed by atoms with Gasteiger partial charge in [0.2, 0.25) is 0 Å². The van der Waals surface area contributed by atoms with Crippen LogP contribution in [0.4, 0.5) is 5.69 Å². The van der Waals surface area contributed by atoms with E-state index in [1.165, 1.54) is 0 Å². The van der Waals surface area contributed by atoms with Gasteiger partial charge in [0.05, 0.1) is 6.61 Å². The highest BCUT2D eigenvalue weighted by Crippen LogP contribution is 2.23. The normalized spacial score (nSPS) is 11.6. The number of hydrogen-bond acceptors (Lipinski definition) is 2. The molecule has 1 rings (SSSR count). The molecule has 0 atom stereocenters. The summed E-state index contributed by atoms with van der Waals surface area (Å²) in [6.45, 7) is 4.11. The van der Waals surface area contributed by atoms with E-state index in [0.29, 0.717) is 0 Å². The van der Waals surface area contributed by atoms with Crippen LogP contribution in [0.15, 0.2) is 24.3 Å². The molecule has 3 N–H and O–H groups in total. The zero-order valence-corrected chi connectivity index (χ0v) is 7.54. The highest BCUT2D eigenvalue weighted by molar-refractivity contribution is 5.43. The molecule has 12 heavy (non-hydrogen) atoms. The summed E-state index contributed by atoms with van der Waals surface area (Å²) >= 11 is 0. The van der Waals surface area contributed by atoms with Gasteiger partial charge in [0.15, 0.2) is 0 Å². The average Bonchev–Trinajstić information content (AvgIpc) is 2.05. The van der Waals surface area contributed by atoms with Crippen LogP contribution in [0, 0.1) is 0 Å². The fourth-order valence-electron chi connectivity index (χ4n) is 1.05. The number of hydrogen-bond donors (Lipinski definition) is 2. The molecule has 0 unspecified atom stereocenters. The molecule has 0 bridgehead atoms. The average molecular weight is 165 g/mol. The Hall–Kier alpha value is -1.02. The molecule has 2 heteroatoms. The van der Waals surface area contributed by atoms with Gasteiger partial charge in [-0.05, 0) is 17.7 Å². The summed E-state index contributed by atoms with van der Waals surface area (Å²) in [4.78, 5) is 0. The van der Waals surface area contributed by atoms with Crippen molar-refractivity contribution in [3.63, 3.8) is 0 Å². The zero-order valence-electron chi connectivity index (χ0n) is 7.54. The second-order valence-corrected chi connectivity index (χ2v) is 3.67. The number of rotatable bonds is 2. The van der Waals surface area contributed by atoms with E-state index >= 15 is 0 Å². The van der Waals surface area contributed by atoms with Crippen LogP contribution in [-0.2, 0) is 5.41 Å². The van der Waals surface area contributed by atoms with Crippen molar-refractivity contribution in [3.05, 3.63) is 29.8 Å². The van der Waals surface area contributed by atoms with E-state index in [4.69, 9.17) is 10.8 Å². The van der Waals surface area contributed by atoms with Gasteiger partial charge in [-0.1, -0.05) is 26.0 Å². The van der Waals surface area contributed by atoms with E-state index in [1.54, 1.807) is 0 Å². The Balaban J connectivity index is 3.03. The van der Waals surface area contributed by atoms with Crippen molar-refractivity contribution in [2.45, 2.75) is 19.3 Å². The third kappa shape index (κ3) is 1.77. The largest absolute Gasteiger partial charge is 0.399 e. The lowest BCUT2D eigenvalue weighted by Gasteiger charge is -2.22. The summed E-state index contributed by atoms with van der Waals surface area (Å²) in [6, 6.07) is 7.63.